The third kappa shape index (κ3) is 1.74. The van der Waals surface area contributed by atoms with Crippen molar-refractivity contribution >= 4 is 17.6 Å². The summed E-state index contributed by atoms with van der Waals surface area (Å²) in [6, 6.07) is 4.58. The number of rotatable bonds is 2. The smallest absolute Gasteiger partial charge is 0.337 e. The van der Waals surface area contributed by atoms with Crippen LogP contribution in [0.5, 0.6) is 0 Å². The van der Waals surface area contributed by atoms with Crippen molar-refractivity contribution in [2.24, 2.45) is 0 Å². The molecule has 0 radical (unpaired) electrons. The SMILES string of the molecule is Cc1nnnn1-c1ccc(Cl)c(C(=O)O)c1. The van der Waals surface area contributed by atoms with E-state index in [0.717, 1.165) is 0 Å². The molecule has 82 valence electrons. The van der Waals surface area contributed by atoms with Crippen LogP contribution in [0.3, 0.4) is 0 Å². The first-order valence-corrected chi connectivity index (χ1v) is 4.75. The summed E-state index contributed by atoms with van der Waals surface area (Å²) in [6.07, 6.45) is 0. The van der Waals surface area contributed by atoms with Crippen LogP contribution in [0.15, 0.2) is 18.2 Å². The van der Waals surface area contributed by atoms with E-state index in [9.17, 15) is 4.79 Å². The van der Waals surface area contributed by atoms with Crippen molar-refractivity contribution in [1.82, 2.24) is 20.2 Å². The molecule has 0 saturated heterocycles. The standard InChI is InChI=1S/C9H7ClN4O2/c1-5-11-12-13-14(5)6-2-3-8(10)7(4-6)9(15)16/h2-4H,1H3,(H,15,16). The molecule has 0 spiro atoms. The molecule has 6 nitrogen and oxygen atoms in total. The second-order valence-corrected chi connectivity index (χ2v) is 3.51. The summed E-state index contributed by atoms with van der Waals surface area (Å²) in [5.41, 5.74) is 0.582. The molecule has 0 aliphatic heterocycles. The van der Waals surface area contributed by atoms with Gasteiger partial charge in [0.1, 0.15) is 0 Å². The zero-order chi connectivity index (χ0) is 11.7. The van der Waals surface area contributed by atoms with E-state index >= 15 is 0 Å². The number of carboxylic acid groups (broad SMARTS) is 1. The van der Waals surface area contributed by atoms with Crippen molar-refractivity contribution in [3.05, 3.63) is 34.6 Å². The Hall–Kier alpha value is -1.95. The highest BCUT2D eigenvalue weighted by Gasteiger charge is 2.11. The van der Waals surface area contributed by atoms with E-state index in [2.05, 4.69) is 15.5 Å². The highest BCUT2D eigenvalue weighted by Crippen LogP contribution is 2.19. The van der Waals surface area contributed by atoms with Crippen LogP contribution in [0.25, 0.3) is 5.69 Å². The molecule has 1 aromatic heterocycles. The maximum atomic E-state index is 10.9. The molecular formula is C9H7ClN4O2. The van der Waals surface area contributed by atoms with Crippen LogP contribution >= 0.6 is 11.6 Å². The van der Waals surface area contributed by atoms with Crippen LogP contribution in [0.2, 0.25) is 5.02 Å². The number of aromatic nitrogens is 4. The van der Waals surface area contributed by atoms with Crippen LogP contribution in [0.4, 0.5) is 0 Å². The first-order valence-electron chi connectivity index (χ1n) is 4.38. The summed E-state index contributed by atoms with van der Waals surface area (Å²) in [7, 11) is 0. The zero-order valence-corrected chi connectivity index (χ0v) is 9.01. The lowest BCUT2D eigenvalue weighted by Crippen LogP contribution is -2.03. The summed E-state index contributed by atoms with van der Waals surface area (Å²) < 4.78 is 1.43. The fourth-order valence-corrected chi connectivity index (χ4v) is 1.48. The number of aromatic carboxylic acids is 1. The van der Waals surface area contributed by atoms with E-state index in [4.69, 9.17) is 16.7 Å². The molecule has 16 heavy (non-hydrogen) atoms. The third-order valence-corrected chi connectivity index (χ3v) is 2.38. The molecule has 0 aliphatic rings. The number of tetrazole rings is 1. The quantitative estimate of drug-likeness (QED) is 0.853. The summed E-state index contributed by atoms with van der Waals surface area (Å²) in [5, 5.41) is 20.0. The van der Waals surface area contributed by atoms with Crippen molar-refractivity contribution in [3.8, 4) is 5.69 Å². The number of aryl methyl sites for hydroxylation is 1. The Morgan fingerprint density at radius 1 is 1.50 bits per heavy atom. The van der Waals surface area contributed by atoms with Gasteiger partial charge in [0, 0.05) is 0 Å². The van der Waals surface area contributed by atoms with Gasteiger partial charge in [-0.05, 0) is 35.5 Å². The minimum atomic E-state index is -1.09. The molecule has 0 unspecified atom stereocenters. The van der Waals surface area contributed by atoms with Crippen molar-refractivity contribution in [3.63, 3.8) is 0 Å². The van der Waals surface area contributed by atoms with Crippen LogP contribution in [-0.2, 0) is 0 Å². The highest BCUT2D eigenvalue weighted by molar-refractivity contribution is 6.33. The van der Waals surface area contributed by atoms with Crippen molar-refractivity contribution < 1.29 is 9.90 Å². The lowest BCUT2D eigenvalue weighted by atomic mass is 10.2. The molecule has 1 N–H and O–H groups in total. The normalized spacial score (nSPS) is 10.4. The van der Waals surface area contributed by atoms with Gasteiger partial charge in [-0.2, -0.15) is 4.68 Å². The fraction of sp³-hybridized carbons (Fsp3) is 0.111. The number of carboxylic acids is 1. The first-order chi connectivity index (χ1) is 7.59. The largest absolute Gasteiger partial charge is 0.478 e. The van der Waals surface area contributed by atoms with Crippen molar-refractivity contribution in [2.45, 2.75) is 6.92 Å². The summed E-state index contributed by atoms with van der Waals surface area (Å²) in [5.74, 6) is -0.517. The average Bonchev–Trinajstić information content (AvgIpc) is 2.65. The van der Waals surface area contributed by atoms with Crippen LogP contribution in [0.1, 0.15) is 16.2 Å². The second kappa shape index (κ2) is 3.90. The molecule has 0 bridgehead atoms. The van der Waals surface area contributed by atoms with Crippen LogP contribution in [0, 0.1) is 6.92 Å². The number of nitrogens with zero attached hydrogens (tertiary/aromatic N) is 4. The number of benzene rings is 1. The molecule has 0 atom stereocenters. The van der Waals surface area contributed by atoms with Gasteiger partial charge in [-0.15, -0.1) is 5.10 Å². The van der Waals surface area contributed by atoms with Gasteiger partial charge < -0.3 is 5.11 Å². The van der Waals surface area contributed by atoms with Crippen LogP contribution in [-0.4, -0.2) is 31.3 Å². The molecule has 0 aliphatic carbocycles. The van der Waals surface area contributed by atoms with E-state index in [1.54, 1.807) is 13.0 Å². The lowest BCUT2D eigenvalue weighted by molar-refractivity contribution is 0.0697. The van der Waals surface area contributed by atoms with Gasteiger partial charge in [0.05, 0.1) is 16.3 Å². The lowest BCUT2D eigenvalue weighted by Gasteiger charge is -2.04. The predicted octanol–water partition coefficient (Wildman–Crippen LogP) is 1.32. The minimum absolute atomic E-state index is 0.0223. The monoisotopic (exact) mass is 238 g/mol. The Kier molecular flexibility index (Phi) is 2.57. The maximum Gasteiger partial charge on any atom is 0.337 e. The Balaban J connectivity index is 2.56. The van der Waals surface area contributed by atoms with E-state index in [1.165, 1.54) is 16.8 Å². The highest BCUT2D eigenvalue weighted by atomic mass is 35.5. The third-order valence-electron chi connectivity index (χ3n) is 2.05. The number of hydrogen-bond donors (Lipinski definition) is 1. The van der Waals surface area contributed by atoms with Gasteiger partial charge >= 0.3 is 5.97 Å². The van der Waals surface area contributed by atoms with Gasteiger partial charge in [-0.3, -0.25) is 0 Å². The molecular weight excluding hydrogens is 232 g/mol. The summed E-state index contributed by atoms with van der Waals surface area (Å²) in [4.78, 5) is 10.9. The Morgan fingerprint density at radius 3 is 2.81 bits per heavy atom. The van der Waals surface area contributed by atoms with Gasteiger partial charge in [0.25, 0.3) is 0 Å². The van der Waals surface area contributed by atoms with Gasteiger partial charge in [0.15, 0.2) is 5.82 Å². The first kappa shape index (κ1) is 10.6. The van der Waals surface area contributed by atoms with Gasteiger partial charge in [0.2, 0.25) is 0 Å². The topological polar surface area (TPSA) is 80.9 Å². The summed E-state index contributed by atoms with van der Waals surface area (Å²) in [6.45, 7) is 1.72. The maximum absolute atomic E-state index is 10.9. The van der Waals surface area contributed by atoms with E-state index in [1.807, 2.05) is 0 Å². The van der Waals surface area contributed by atoms with Gasteiger partial charge in [-0.25, -0.2) is 4.79 Å². The zero-order valence-electron chi connectivity index (χ0n) is 8.25. The molecule has 0 saturated carbocycles. The molecule has 7 heteroatoms. The van der Waals surface area contributed by atoms with Crippen LogP contribution < -0.4 is 0 Å². The second-order valence-electron chi connectivity index (χ2n) is 3.11. The van der Waals surface area contributed by atoms with E-state index in [-0.39, 0.29) is 10.6 Å². The predicted molar refractivity (Wildman–Crippen MR) is 55.9 cm³/mol. The molecule has 1 heterocycles. The van der Waals surface area contributed by atoms with E-state index in [0.29, 0.717) is 11.5 Å². The fourth-order valence-electron chi connectivity index (χ4n) is 1.28. The molecule has 0 amide bonds. The van der Waals surface area contributed by atoms with E-state index < -0.39 is 5.97 Å². The number of halogens is 1. The Labute approximate surface area is 95.5 Å². The summed E-state index contributed by atoms with van der Waals surface area (Å²) >= 11 is 5.75. The van der Waals surface area contributed by atoms with Gasteiger partial charge in [-0.1, -0.05) is 11.6 Å². The average molecular weight is 239 g/mol. The Morgan fingerprint density at radius 2 is 2.25 bits per heavy atom. The molecule has 0 fully saturated rings. The number of hydrogen-bond acceptors (Lipinski definition) is 4. The minimum Gasteiger partial charge on any atom is -0.478 e. The number of carbonyl (C=O) groups is 1. The van der Waals surface area contributed by atoms with Crippen molar-refractivity contribution in [2.75, 3.05) is 0 Å². The molecule has 2 rings (SSSR count). The molecule has 2 aromatic rings. The van der Waals surface area contributed by atoms with Crippen molar-refractivity contribution in [1.29, 1.82) is 0 Å². The Bertz CT molecular complexity index is 552. The molecule has 1 aromatic carbocycles.